The largest absolute Gasteiger partial charge is 0.432 e. The normalized spacial score (nSPS) is 17.9. The maximum atomic E-state index is 13.1. The first-order valence-electron chi connectivity index (χ1n) is 11.4. The molecule has 1 unspecified atom stereocenters. The predicted octanol–water partition coefficient (Wildman–Crippen LogP) is 2.34. The quantitative estimate of drug-likeness (QED) is 0.365. The van der Waals surface area contributed by atoms with Gasteiger partial charge in [0.15, 0.2) is 5.65 Å². The lowest BCUT2D eigenvalue weighted by atomic mass is 9.92. The number of oxazole rings is 1. The molecule has 0 aliphatic heterocycles. The number of rotatable bonds is 7. The molecule has 0 aromatic carbocycles. The van der Waals surface area contributed by atoms with Gasteiger partial charge in [0.2, 0.25) is 0 Å². The molecule has 4 aromatic rings. The topological polar surface area (TPSA) is 141 Å². The van der Waals surface area contributed by atoms with E-state index in [1.165, 1.54) is 23.2 Å². The molecule has 0 saturated heterocycles. The molecule has 3 N–H and O–H groups in total. The van der Waals surface area contributed by atoms with Crippen molar-refractivity contribution < 1.29 is 13.9 Å². The van der Waals surface area contributed by atoms with Gasteiger partial charge >= 0.3 is 6.01 Å². The van der Waals surface area contributed by atoms with Crippen LogP contribution in [0.4, 0.5) is 17.3 Å². The Morgan fingerprint density at radius 3 is 2.97 bits per heavy atom. The zero-order chi connectivity index (χ0) is 24.4. The Morgan fingerprint density at radius 2 is 2.20 bits per heavy atom. The number of pyridine rings is 1. The number of carbonyl (C=O) groups excluding carboxylic acids is 1. The lowest BCUT2D eigenvalue weighted by Crippen LogP contribution is -2.40. The number of amides is 1. The summed E-state index contributed by atoms with van der Waals surface area (Å²) in [7, 11) is 3.44. The fourth-order valence-electron chi connectivity index (χ4n) is 4.33. The van der Waals surface area contributed by atoms with Gasteiger partial charge in [-0.05, 0) is 37.8 Å². The van der Waals surface area contributed by atoms with E-state index in [1.807, 2.05) is 0 Å². The molecule has 1 fully saturated rings. The molecule has 0 spiro atoms. The van der Waals surface area contributed by atoms with Gasteiger partial charge < -0.3 is 25.1 Å². The van der Waals surface area contributed by atoms with Crippen molar-refractivity contribution in [1.29, 1.82) is 0 Å². The van der Waals surface area contributed by atoms with Crippen LogP contribution in [0.15, 0.2) is 52.3 Å². The molecule has 12 nitrogen and oxygen atoms in total. The molecule has 182 valence electrons. The van der Waals surface area contributed by atoms with Gasteiger partial charge in [0.25, 0.3) is 11.5 Å². The van der Waals surface area contributed by atoms with Crippen LogP contribution in [0.2, 0.25) is 0 Å². The molecule has 12 heteroatoms. The molecule has 4 heterocycles. The van der Waals surface area contributed by atoms with Crippen LogP contribution in [-0.4, -0.2) is 56.4 Å². The van der Waals surface area contributed by atoms with E-state index in [0.717, 1.165) is 25.7 Å². The van der Waals surface area contributed by atoms with E-state index in [1.54, 1.807) is 43.1 Å². The number of aromatic nitrogens is 5. The number of ether oxygens (including phenoxy) is 1. The van der Waals surface area contributed by atoms with Gasteiger partial charge in [-0.2, -0.15) is 9.61 Å². The van der Waals surface area contributed by atoms with Crippen LogP contribution in [0.3, 0.4) is 0 Å². The highest BCUT2D eigenvalue weighted by molar-refractivity contribution is 6.00. The third kappa shape index (κ3) is 4.47. The molecular weight excluding hydrogens is 452 g/mol. The van der Waals surface area contributed by atoms with Gasteiger partial charge in [-0.15, -0.1) is 0 Å². The highest BCUT2D eigenvalue weighted by atomic mass is 16.5. The van der Waals surface area contributed by atoms with Crippen LogP contribution in [0.25, 0.3) is 11.7 Å². The summed E-state index contributed by atoms with van der Waals surface area (Å²) in [6.45, 7) is 0. The second-order valence-electron chi connectivity index (χ2n) is 8.30. The zero-order valence-corrected chi connectivity index (χ0v) is 19.4. The summed E-state index contributed by atoms with van der Waals surface area (Å²) in [5, 5.41) is 13.5. The van der Waals surface area contributed by atoms with Crippen molar-refractivity contribution in [3.63, 3.8) is 0 Å². The van der Waals surface area contributed by atoms with Crippen LogP contribution in [0.5, 0.6) is 0 Å². The minimum atomic E-state index is -0.362. The minimum absolute atomic E-state index is 0.0271. The van der Waals surface area contributed by atoms with Crippen LogP contribution in [-0.2, 0) is 4.74 Å². The van der Waals surface area contributed by atoms with Crippen molar-refractivity contribution >= 4 is 28.9 Å². The van der Waals surface area contributed by atoms with Gasteiger partial charge in [0.05, 0.1) is 18.5 Å². The molecular formula is C23H26N8O4. The van der Waals surface area contributed by atoms with Crippen molar-refractivity contribution in [3.05, 3.63) is 59.0 Å². The van der Waals surface area contributed by atoms with Crippen molar-refractivity contribution in [2.75, 3.05) is 24.8 Å². The molecule has 0 bridgehead atoms. The molecule has 0 radical (unpaired) electrons. The maximum Gasteiger partial charge on any atom is 0.308 e. The zero-order valence-electron chi connectivity index (χ0n) is 19.4. The molecule has 5 rings (SSSR count). The molecule has 35 heavy (non-hydrogen) atoms. The second-order valence-corrected chi connectivity index (χ2v) is 8.30. The summed E-state index contributed by atoms with van der Waals surface area (Å²) >= 11 is 0. The van der Waals surface area contributed by atoms with Crippen LogP contribution >= 0.6 is 0 Å². The second kappa shape index (κ2) is 9.58. The smallest absolute Gasteiger partial charge is 0.308 e. The van der Waals surface area contributed by atoms with Crippen molar-refractivity contribution in [3.8, 4) is 6.01 Å². The van der Waals surface area contributed by atoms with Crippen molar-refractivity contribution in [2.24, 2.45) is 0 Å². The van der Waals surface area contributed by atoms with Crippen molar-refractivity contribution in [1.82, 2.24) is 29.5 Å². The Kier molecular flexibility index (Phi) is 6.19. The third-order valence-corrected chi connectivity index (χ3v) is 6.10. The predicted molar refractivity (Wildman–Crippen MR) is 128 cm³/mol. The fourth-order valence-corrected chi connectivity index (χ4v) is 4.33. The number of hydrogen-bond donors (Lipinski definition) is 3. The summed E-state index contributed by atoms with van der Waals surface area (Å²) in [5.41, 5.74) is 0.608. The summed E-state index contributed by atoms with van der Waals surface area (Å²) in [4.78, 5) is 34.7. The molecule has 4 aromatic heterocycles. The number of fused-ring (bicyclic) bond motifs is 1. The van der Waals surface area contributed by atoms with Gasteiger partial charge in [-0.3, -0.25) is 9.59 Å². The Morgan fingerprint density at radius 1 is 1.31 bits per heavy atom. The lowest BCUT2D eigenvalue weighted by Gasteiger charge is -2.28. The van der Waals surface area contributed by atoms with Crippen molar-refractivity contribution in [2.45, 2.75) is 37.8 Å². The Labute approximate surface area is 200 Å². The average molecular weight is 479 g/mol. The van der Waals surface area contributed by atoms with Crippen LogP contribution < -0.4 is 21.5 Å². The number of methoxy groups -OCH3 is 1. The summed E-state index contributed by atoms with van der Waals surface area (Å²) in [5.74, 6) is 0.716. The summed E-state index contributed by atoms with van der Waals surface area (Å²) in [6.07, 6.45) is 9.73. The monoisotopic (exact) mass is 478 g/mol. The van der Waals surface area contributed by atoms with Gasteiger partial charge in [-0.25, -0.2) is 14.5 Å². The van der Waals surface area contributed by atoms with Crippen LogP contribution in [0, 0.1) is 0 Å². The number of anilines is 3. The lowest BCUT2D eigenvalue weighted by molar-refractivity contribution is 0.0563. The van der Waals surface area contributed by atoms with E-state index in [0.29, 0.717) is 22.8 Å². The minimum Gasteiger partial charge on any atom is -0.432 e. The molecule has 1 aliphatic rings. The summed E-state index contributed by atoms with van der Waals surface area (Å²) < 4.78 is 13.6. The number of hydrogen-bond acceptors (Lipinski definition) is 9. The molecule has 1 saturated carbocycles. The van der Waals surface area contributed by atoms with Gasteiger partial charge in [0, 0.05) is 32.5 Å². The molecule has 1 aliphatic carbocycles. The average Bonchev–Trinajstić information content (AvgIpc) is 3.55. The standard InChI is InChI=1S/C23H26N8O4/c1-24-19-12-18(28-17-7-4-9-30(22(17)33)23-25-8-10-35-23)29-20-16(13-26-31(19)20)21(32)27-14-5-3-6-15(11-14)34-2/h4,7-10,12-15,24H,3,5-6,11H2,1-2H3,(H,27,32)(H,28,29)/t14?,15-/m1/s1. The van der Waals surface area contributed by atoms with E-state index in [-0.39, 0.29) is 35.3 Å². The van der Waals surface area contributed by atoms with Gasteiger partial charge in [0.1, 0.15) is 29.1 Å². The van der Waals surface area contributed by atoms with Gasteiger partial charge in [-0.1, -0.05) is 0 Å². The van der Waals surface area contributed by atoms with E-state index < -0.39 is 0 Å². The van der Waals surface area contributed by atoms with E-state index >= 15 is 0 Å². The number of nitrogens with zero attached hydrogens (tertiary/aromatic N) is 5. The van der Waals surface area contributed by atoms with E-state index in [2.05, 4.69) is 31.0 Å². The fraction of sp³-hybridized carbons (Fsp3) is 0.348. The molecule has 2 atom stereocenters. The highest BCUT2D eigenvalue weighted by Gasteiger charge is 2.25. The SMILES string of the molecule is CNc1cc(Nc2cccn(-c3ncco3)c2=O)nc2c(C(=O)NC3CCC[C@@H](OC)C3)cnn12. The number of carbonyl (C=O) groups is 1. The highest BCUT2D eigenvalue weighted by Crippen LogP contribution is 2.23. The first-order valence-corrected chi connectivity index (χ1v) is 11.4. The maximum absolute atomic E-state index is 13.1. The first kappa shape index (κ1) is 22.6. The Bertz CT molecular complexity index is 1390. The van der Waals surface area contributed by atoms with Crippen LogP contribution in [0.1, 0.15) is 36.0 Å². The van der Waals surface area contributed by atoms with E-state index in [4.69, 9.17) is 9.15 Å². The van der Waals surface area contributed by atoms with E-state index in [9.17, 15) is 9.59 Å². The first-order chi connectivity index (χ1) is 17.1. The molecule has 1 amide bonds. The third-order valence-electron chi connectivity index (χ3n) is 6.10. The summed E-state index contributed by atoms with van der Waals surface area (Å²) in [6, 6.07) is 5.21. The number of nitrogens with one attached hydrogen (secondary N) is 3. The Balaban J connectivity index is 1.45. The Hall–Kier alpha value is -4.19.